The van der Waals surface area contributed by atoms with E-state index in [0.29, 0.717) is 50.1 Å². The van der Waals surface area contributed by atoms with Crippen LogP contribution in [0.15, 0.2) is 120 Å². The SMILES string of the molecule is O=C1N=C(c2ccc(Br)cc2)c2c(O)[nH]c(-c3ccc(Br)cc3)c21.O=C1N=C(c2ccc(Cl)cc2)c2c(O)[nH]c(-c3ccc(Br)cc3)c21. The summed E-state index contributed by atoms with van der Waals surface area (Å²) in [7, 11) is 0. The average Bonchev–Trinajstić information content (AvgIpc) is 3.81. The Morgan fingerprint density at radius 2 is 0.792 bits per heavy atom. The summed E-state index contributed by atoms with van der Waals surface area (Å²) in [5.41, 5.74) is 6.89. The van der Waals surface area contributed by atoms with E-state index in [1.54, 1.807) is 24.3 Å². The van der Waals surface area contributed by atoms with E-state index < -0.39 is 0 Å². The highest BCUT2D eigenvalue weighted by atomic mass is 79.9. The Morgan fingerprint density at radius 1 is 0.479 bits per heavy atom. The van der Waals surface area contributed by atoms with Gasteiger partial charge in [0.15, 0.2) is 11.8 Å². The van der Waals surface area contributed by atoms with E-state index in [1.165, 1.54) is 0 Å². The molecule has 6 aromatic rings. The number of H-pyrrole nitrogens is 2. The molecule has 8 nitrogen and oxygen atoms in total. The molecule has 0 saturated carbocycles. The van der Waals surface area contributed by atoms with Crippen molar-refractivity contribution in [2.24, 2.45) is 9.98 Å². The predicted molar refractivity (Wildman–Crippen MR) is 197 cm³/mol. The molecule has 2 aliphatic heterocycles. The van der Waals surface area contributed by atoms with Gasteiger partial charge in [-0.3, -0.25) is 9.59 Å². The average molecular weight is 848 g/mol. The standard InChI is InChI=1S/C18H10Br2N2O2.C18H10BrClN2O2/c2*19-11-5-1-9(2-6-11)15-13-14(18(24)21-15)16(22-17(13)23)10-3-7-12(20)8-4-10/h2*1-8,21,24H. The number of amides is 2. The first-order valence-electron chi connectivity index (χ1n) is 14.3. The number of carbonyl (C=O) groups excluding carboxylic acids is 2. The zero-order chi connectivity index (χ0) is 33.7. The molecule has 0 radical (unpaired) electrons. The molecule has 0 atom stereocenters. The summed E-state index contributed by atoms with van der Waals surface area (Å²) >= 11 is 16.1. The molecule has 0 spiro atoms. The lowest BCUT2D eigenvalue weighted by molar-refractivity contribution is 0.0998. The third-order valence-electron chi connectivity index (χ3n) is 7.79. The second-order valence-corrected chi connectivity index (χ2v) is 13.9. The van der Waals surface area contributed by atoms with Crippen LogP contribution < -0.4 is 0 Å². The number of nitrogens with one attached hydrogen (secondary N) is 2. The number of aromatic nitrogens is 2. The molecule has 0 aliphatic carbocycles. The Bertz CT molecular complexity index is 2140. The van der Waals surface area contributed by atoms with E-state index in [9.17, 15) is 19.8 Å². The number of benzene rings is 4. The van der Waals surface area contributed by atoms with Gasteiger partial charge in [-0.1, -0.05) is 108 Å². The van der Waals surface area contributed by atoms with Gasteiger partial charge >= 0.3 is 0 Å². The molecule has 4 N–H and O–H groups in total. The summed E-state index contributed by atoms with van der Waals surface area (Å²) < 4.78 is 2.81. The number of hydrogen-bond donors (Lipinski definition) is 4. The second-order valence-electron chi connectivity index (χ2n) is 10.8. The molecule has 4 heterocycles. The number of nitrogens with zero attached hydrogens (tertiary/aromatic N) is 2. The summed E-state index contributed by atoms with van der Waals surface area (Å²) in [6.45, 7) is 0. The number of rotatable bonds is 4. The lowest BCUT2D eigenvalue weighted by Crippen LogP contribution is -1.99. The molecule has 8 rings (SSSR count). The van der Waals surface area contributed by atoms with E-state index in [0.717, 1.165) is 35.7 Å². The maximum atomic E-state index is 12.5. The Kier molecular flexibility index (Phi) is 8.55. The minimum atomic E-state index is -0.371. The predicted octanol–water partition coefficient (Wildman–Crippen LogP) is 9.70. The smallest absolute Gasteiger partial charge is 0.280 e. The van der Waals surface area contributed by atoms with Gasteiger partial charge in [0.25, 0.3) is 11.8 Å². The van der Waals surface area contributed by atoms with Crippen molar-refractivity contribution in [3.8, 4) is 34.3 Å². The zero-order valence-electron chi connectivity index (χ0n) is 24.4. The molecular weight excluding hydrogens is 828 g/mol. The van der Waals surface area contributed by atoms with Gasteiger partial charge in [-0.25, -0.2) is 9.98 Å². The van der Waals surface area contributed by atoms with Crippen molar-refractivity contribution in [2.75, 3.05) is 0 Å². The summed E-state index contributed by atoms with van der Waals surface area (Å²) in [6, 6.07) is 29.5. The quantitative estimate of drug-likeness (QED) is 0.141. The number of aliphatic imine (C=N–C) groups is 2. The van der Waals surface area contributed by atoms with Gasteiger partial charge in [0, 0.05) is 29.6 Å². The van der Waals surface area contributed by atoms with Gasteiger partial charge in [-0.2, -0.15) is 0 Å². The summed E-state index contributed by atoms with van der Waals surface area (Å²) in [5, 5.41) is 21.3. The van der Waals surface area contributed by atoms with Crippen molar-refractivity contribution in [1.82, 2.24) is 9.97 Å². The number of aromatic amines is 2. The summed E-state index contributed by atoms with van der Waals surface area (Å²) in [4.78, 5) is 39.0. The van der Waals surface area contributed by atoms with Gasteiger partial charge in [0.2, 0.25) is 0 Å². The Morgan fingerprint density at radius 3 is 1.15 bits per heavy atom. The highest BCUT2D eigenvalue weighted by molar-refractivity contribution is 9.11. The van der Waals surface area contributed by atoms with Crippen molar-refractivity contribution >= 4 is 82.6 Å². The van der Waals surface area contributed by atoms with Crippen molar-refractivity contribution in [2.45, 2.75) is 0 Å². The van der Waals surface area contributed by atoms with Crippen molar-refractivity contribution in [3.63, 3.8) is 0 Å². The largest absolute Gasteiger partial charge is 0.494 e. The number of halogens is 4. The Hall–Kier alpha value is -4.55. The van der Waals surface area contributed by atoms with Crippen LogP contribution in [0, 0.1) is 0 Å². The van der Waals surface area contributed by atoms with Gasteiger partial charge < -0.3 is 20.2 Å². The number of fused-ring (bicyclic) bond motifs is 2. The first kappa shape index (κ1) is 32.0. The molecule has 2 amide bonds. The van der Waals surface area contributed by atoms with E-state index in [1.807, 2.05) is 72.8 Å². The number of hydrogen-bond acceptors (Lipinski definition) is 4. The second kappa shape index (κ2) is 12.8. The minimum Gasteiger partial charge on any atom is -0.494 e. The van der Waals surface area contributed by atoms with E-state index >= 15 is 0 Å². The van der Waals surface area contributed by atoms with Crippen LogP contribution in [0.5, 0.6) is 11.8 Å². The first-order valence-corrected chi connectivity index (χ1v) is 17.0. The maximum Gasteiger partial charge on any atom is 0.280 e. The van der Waals surface area contributed by atoms with Gasteiger partial charge in [0.1, 0.15) is 0 Å². The molecule has 12 heteroatoms. The number of aromatic hydroxyl groups is 2. The molecule has 0 bridgehead atoms. The molecule has 0 fully saturated rings. The third kappa shape index (κ3) is 5.87. The van der Waals surface area contributed by atoms with Crippen LogP contribution >= 0.6 is 59.4 Å². The van der Waals surface area contributed by atoms with Crippen LogP contribution in [0.4, 0.5) is 0 Å². The van der Waals surface area contributed by atoms with Crippen molar-refractivity contribution in [3.05, 3.63) is 149 Å². The fraction of sp³-hybridized carbons (Fsp3) is 0. The highest BCUT2D eigenvalue weighted by Gasteiger charge is 2.34. The van der Waals surface area contributed by atoms with Gasteiger partial charge in [-0.05, 0) is 59.7 Å². The molecule has 48 heavy (non-hydrogen) atoms. The fourth-order valence-electron chi connectivity index (χ4n) is 5.59. The highest BCUT2D eigenvalue weighted by Crippen LogP contribution is 2.40. The van der Waals surface area contributed by atoms with Gasteiger partial charge in [-0.15, -0.1) is 0 Å². The Balaban J connectivity index is 0.000000152. The lowest BCUT2D eigenvalue weighted by Gasteiger charge is -2.01. The summed E-state index contributed by atoms with van der Waals surface area (Å²) in [6.07, 6.45) is 0. The monoisotopic (exact) mass is 844 g/mol. The maximum absolute atomic E-state index is 12.5. The molecular formula is C36H20Br3ClN4O4. The normalized spacial score (nSPS) is 13.1. The van der Waals surface area contributed by atoms with Crippen LogP contribution in [0.3, 0.4) is 0 Å². The molecule has 2 aliphatic rings. The molecule has 236 valence electrons. The van der Waals surface area contributed by atoms with E-state index in [4.69, 9.17) is 11.6 Å². The van der Waals surface area contributed by atoms with Crippen LogP contribution in [-0.2, 0) is 0 Å². The van der Waals surface area contributed by atoms with Crippen LogP contribution in [0.2, 0.25) is 5.02 Å². The van der Waals surface area contributed by atoms with Crippen LogP contribution in [-0.4, -0.2) is 43.4 Å². The van der Waals surface area contributed by atoms with Crippen molar-refractivity contribution in [1.29, 1.82) is 0 Å². The van der Waals surface area contributed by atoms with Gasteiger partial charge in [0.05, 0.1) is 45.1 Å². The van der Waals surface area contributed by atoms with E-state index in [2.05, 4.69) is 67.7 Å². The third-order valence-corrected chi connectivity index (χ3v) is 9.63. The fourth-order valence-corrected chi connectivity index (χ4v) is 6.51. The Labute approximate surface area is 303 Å². The summed E-state index contributed by atoms with van der Waals surface area (Å²) in [5.74, 6) is -0.834. The zero-order valence-corrected chi connectivity index (χ0v) is 29.9. The lowest BCUT2D eigenvalue weighted by atomic mass is 10.0. The van der Waals surface area contributed by atoms with Crippen LogP contribution in [0.1, 0.15) is 43.0 Å². The van der Waals surface area contributed by atoms with Crippen molar-refractivity contribution < 1.29 is 19.8 Å². The number of carbonyl (C=O) groups is 2. The minimum absolute atomic E-state index is 0.0459. The first-order chi connectivity index (χ1) is 23.1. The van der Waals surface area contributed by atoms with Crippen LogP contribution in [0.25, 0.3) is 22.5 Å². The molecule has 0 saturated heterocycles. The molecule has 0 unspecified atom stereocenters. The molecule has 4 aromatic carbocycles. The topological polar surface area (TPSA) is 131 Å². The van der Waals surface area contributed by atoms with E-state index in [-0.39, 0.29) is 23.6 Å². The molecule has 2 aromatic heterocycles.